The van der Waals surface area contributed by atoms with Crippen LogP contribution in [-0.4, -0.2) is 71.4 Å². The maximum atomic E-state index is 12.8. The third-order valence-electron chi connectivity index (χ3n) is 7.72. The average molecular weight is 659 g/mol. The largest absolute Gasteiger partial charge is 0.480 e. The summed E-state index contributed by atoms with van der Waals surface area (Å²) < 4.78 is 29.3. The van der Waals surface area contributed by atoms with Crippen molar-refractivity contribution in [3.05, 3.63) is 94.6 Å². The second kappa shape index (κ2) is 14.2. The van der Waals surface area contributed by atoms with Crippen molar-refractivity contribution in [1.82, 2.24) is 19.0 Å². The Morgan fingerprint density at radius 2 is 1.74 bits per heavy atom. The van der Waals surface area contributed by atoms with Crippen LogP contribution in [0.15, 0.2) is 78.4 Å². The average Bonchev–Trinajstić information content (AvgIpc) is 3.54. The highest BCUT2D eigenvalue weighted by Crippen LogP contribution is 2.25. The number of nitrogens with zero attached hydrogens (tertiary/aromatic N) is 4. The zero-order chi connectivity index (χ0) is 32.7. The molecule has 2 aromatic heterocycles. The van der Waals surface area contributed by atoms with Gasteiger partial charge in [0.1, 0.15) is 5.54 Å². The Kier molecular flexibility index (Phi) is 10.1. The molecule has 1 aliphatic heterocycles. The lowest BCUT2D eigenvalue weighted by molar-refractivity contribution is -0.143. The van der Waals surface area contributed by atoms with E-state index in [-0.39, 0.29) is 31.8 Å². The number of anilines is 2. The molecule has 3 heterocycles. The Morgan fingerprint density at radius 3 is 2.41 bits per heavy atom. The molecular formula is C33H34N6O5S2. The fourth-order valence-corrected chi connectivity index (χ4v) is 7.04. The molecule has 3 N–H and O–H groups in total. The Bertz CT molecular complexity index is 1860. The number of piperazine rings is 1. The molecule has 0 saturated carbocycles. The molecule has 1 amide bonds. The van der Waals surface area contributed by atoms with Crippen LogP contribution >= 0.6 is 11.3 Å². The van der Waals surface area contributed by atoms with Crippen molar-refractivity contribution in [2.75, 3.05) is 36.4 Å². The van der Waals surface area contributed by atoms with Gasteiger partial charge in [0.05, 0.1) is 12.1 Å². The third kappa shape index (κ3) is 8.15. The molecule has 5 rings (SSSR count). The van der Waals surface area contributed by atoms with Crippen LogP contribution in [0.2, 0.25) is 0 Å². The van der Waals surface area contributed by atoms with Crippen LogP contribution in [0.5, 0.6) is 0 Å². The van der Waals surface area contributed by atoms with E-state index in [0.29, 0.717) is 23.8 Å². The summed E-state index contributed by atoms with van der Waals surface area (Å²) in [5.41, 5.74) is 3.43. The normalized spacial score (nSPS) is 15.0. The van der Waals surface area contributed by atoms with Crippen LogP contribution in [0.4, 0.5) is 11.4 Å². The number of hydrogen-bond acceptors (Lipinski definition) is 8. The topological polar surface area (TPSA) is 145 Å². The van der Waals surface area contributed by atoms with E-state index in [0.717, 1.165) is 28.1 Å². The summed E-state index contributed by atoms with van der Waals surface area (Å²) in [6.45, 7) is 4.43. The molecule has 13 heteroatoms. The summed E-state index contributed by atoms with van der Waals surface area (Å²) in [5, 5.41) is 15.0. The van der Waals surface area contributed by atoms with E-state index in [1.54, 1.807) is 19.3 Å². The Balaban J connectivity index is 1.16. The molecule has 1 aliphatic rings. The number of amides is 1. The molecule has 1 unspecified atom stereocenters. The van der Waals surface area contributed by atoms with Crippen molar-refractivity contribution in [1.29, 1.82) is 0 Å². The van der Waals surface area contributed by atoms with Gasteiger partial charge in [0, 0.05) is 66.5 Å². The van der Waals surface area contributed by atoms with Gasteiger partial charge in [-0.1, -0.05) is 25.0 Å². The van der Waals surface area contributed by atoms with E-state index in [9.17, 15) is 23.1 Å². The van der Waals surface area contributed by atoms with E-state index in [1.807, 2.05) is 66.0 Å². The minimum absolute atomic E-state index is 0.112. The molecule has 0 aliphatic carbocycles. The van der Waals surface area contributed by atoms with Gasteiger partial charge >= 0.3 is 5.97 Å². The number of aliphatic carboxylic acids is 1. The number of carboxylic acid groups (broad SMARTS) is 1. The number of benzene rings is 2. The first-order valence-corrected chi connectivity index (χ1v) is 17.0. The fourth-order valence-electron chi connectivity index (χ4n) is 4.80. The van der Waals surface area contributed by atoms with Gasteiger partial charge < -0.3 is 15.3 Å². The zero-order valence-corrected chi connectivity index (χ0v) is 27.1. The van der Waals surface area contributed by atoms with Crippen molar-refractivity contribution in [3.63, 3.8) is 0 Å². The van der Waals surface area contributed by atoms with Gasteiger partial charge in [-0.2, -0.15) is 17.4 Å². The van der Waals surface area contributed by atoms with Crippen LogP contribution in [0.1, 0.15) is 36.4 Å². The lowest BCUT2D eigenvalue weighted by atomic mass is 10.0. The summed E-state index contributed by atoms with van der Waals surface area (Å²) in [5.74, 6) is 4.96. The monoisotopic (exact) mass is 658 g/mol. The first-order chi connectivity index (χ1) is 22.0. The quantitative estimate of drug-likeness (QED) is 0.217. The van der Waals surface area contributed by atoms with Crippen LogP contribution in [-0.2, 0) is 26.2 Å². The van der Waals surface area contributed by atoms with Crippen molar-refractivity contribution >= 4 is 44.8 Å². The number of pyridine rings is 1. The van der Waals surface area contributed by atoms with Gasteiger partial charge in [-0.25, -0.2) is 4.98 Å². The summed E-state index contributed by atoms with van der Waals surface area (Å²) in [7, 11) is -3.94. The van der Waals surface area contributed by atoms with E-state index in [4.69, 9.17) is 0 Å². The highest BCUT2D eigenvalue weighted by atomic mass is 32.2. The molecule has 0 bridgehead atoms. The Morgan fingerprint density at radius 1 is 1.02 bits per heavy atom. The van der Waals surface area contributed by atoms with Crippen LogP contribution in [0.3, 0.4) is 0 Å². The number of carboxylic acids is 1. The van der Waals surface area contributed by atoms with Gasteiger partial charge in [0.25, 0.3) is 10.2 Å². The SMILES string of the molecule is CCC(C)(NS(=O)(=O)N1CCN(c2ccc(C#Cc3nc(-c4cccc(NC(=O)Cc5ccncc5)c4)cs3)cc2)CC1)C(=O)O. The fraction of sp³-hybridized carbons (Fsp3) is 0.273. The third-order valence-corrected chi connectivity index (χ3v) is 10.2. The van der Waals surface area contributed by atoms with Crippen molar-refractivity contribution in [3.8, 4) is 23.1 Å². The molecular weight excluding hydrogens is 625 g/mol. The molecule has 0 radical (unpaired) electrons. The van der Waals surface area contributed by atoms with Gasteiger partial charge in [-0.05, 0) is 73.4 Å². The van der Waals surface area contributed by atoms with E-state index < -0.39 is 21.7 Å². The van der Waals surface area contributed by atoms with E-state index >= 15 is 0 Å². The number of hydrogen-bond donors (Lipinski definition) is 3. The lowest BCUT2D eigenvalue weighted by Crippen LogP contribution is -2.59. The number of aromatic nitrogens is 2. The van der Waals surface area contributed by atoms with Gasteiger partial charge in [0.2, 0.25) is 5.91 Å². The second-order valence-electron chi connectivity index (χ2n) is 11.0. The molecule has 238 valence electrons. The zero-order valence-electron chi connectivity index (χ0n) is 25.4. The van der Waals surface area contributed by atoms with Crippen LogP contribution in [0.25, 0.3) is 11.3 Å². The Hall–Kier alpha value is -4.61. The van der Waals surface area contributed by atoms with E-state index in [2.05, 4.69) is 36.7 Å². The Labute approximate surface area is 272 Å². The molecule has 1 saturated heterocycles. The standard InChI is InChI=1S/C33H34N6O5S2/c1-3-33(2,32(41)42)37-46(43,44)39-19-17-38(18-20-39)28-10-7-24(8-11-28)9-12-31-36-29(23-45-31)26-5-4-6-27(22-26)35-30(40)21-25-13-15-34-16-14-25/h4-8,10-11,13-16,22-23,37H,3,17-21H2,1-2H3,(H,35,40)(H,41,42). The smallest absolute Gasteiger partial charge is 0.324 e. The maximum Gasteiger partial charge on any atom is 0.324 e. The van der Waals surface area contributed by atoms with Crippen LogP contribution < -0.4 is 14.9 Å². The minimum atomic E-state index is -3.94. The summed E-state index contributed by atoms with van der Waals surface area (Å²) in [6.07, 6.45) is 3.72. The summed E-state index contributed by atoms with van der Waals surface area (Å²) >= 11 is 1.44. The molecule has 2 aromatic carbocycles. The molecule has 1 atom stereocenters. The first kappa shape index (κ1) is 32.8. The molecule has 1 fully saturated rings. The number of nitrogens with one attached hydrogen (secondary N) is 2. The van der Waals surface area contributed by atoms with Gasteiger partial charge in [0.15, 0.2) is 5.01 Å². The predicted octanol–water partition coefficient (Wildman–Crippen LogP) is 4.00. The molecule has 4 aromatic rings. The number of carbonyl (C=O) groups is 2. The van der Waals surface area contributed by atoms with E-state index in [1.165, 1.54) is 22.6 Å². The molecule has 0 spiro atoms. The first-order valence-electron chi connectivity index (χ1n) is 14.7. The number of rotatable bonds is 10. The minimum Gasteiger partial charge on any atom is -0.480 e. The highest BCUT2D eigenvalue weighted by molar-refractivity contribution is 7.87. The highest BCUT2D eigenvalue weighted by Gasteiger charge is 2.38. The second-order valence-corrected chi connectivity index (χ2v) is 13.5. The summed E-state index contributed by atoms with van der Waals surface area (Å²) in [4.78, 5) is 34.8. The predicted molar refractivity (Wildman–Crippen MR) is 179 cm³/mol. The summed E-state index contributed by atoms with van der Waals surface area (Å²) in [6, 6.07) is 18.9. The molecule has 46 heavy (non-hydrogen) atoms. The van der Waals surface area contributed by atoms with Crippen LogP contribution in [0, 0.1) is 11.8 Å². The molecule has 11 nitrogen and oxygen atoms in total. The lowest BCUT2D eigenvalue weighted by Gasteiger charge is -2.37. The van der Waals surface area contributed by atoms with Gasteiger partial charge in [-0.3, -0.25) is 14.6 Å². The number of carbonyl (C=O) groups excluding carboxylic acids is 1. The van der Waals surface area contributed by atoms with Crippen molar-refractivity contribution in [2.24, 2.45) is 0 Å². The van der Waals surface area contributed by atoms with Crippen molar-refractivity contribution < 1.29 is 23.1 Å². The van der Waals surface area contributed by atoms with Crippen molar-refractivity contribution in [2.45, 2.75) is 32.2 Å². The maximum absolute atomic E-state index is 12.8. The number of thiazole rings is 1. The van der Waals surface area contributed by atoms with Gasteiger partial charge in [-0.15, -0.1) is 11.3 Å².